The lowest BCUT2D eigenvalue weighted by molar-refractivity contribution is 0.0927. The Hall–Kier alpha value is -3.96. The third kappa shape index (κ3) is 6.43. The standard InChI is InChI=1S/C29H32N4O4/c1-18(2)37-26-11-10-22(15-23(26)16-30)29(36)31-24(12-13-34)14-19-4-6-20(7-5-19)25-17-33(3)28(32-25)27(35)21-8-9-21/h4-7,10-11,15,17-18,21,24,34H,8-9,12-14H2,1-3H3,(H,31,36)/t24-/m1/s1. The van der Waals surface area contributed by atoms with Crippen molar-refractivity contribution in [1.82, 2.24) is 14.9 Å². The number of amides is 1. The van der Waals surface area contributed by atoms with Crippen molar-refractivity contribution in [3.8, 4) is 23.1 Å². The highest BCUT2D eigenvalue weighted by Crippen LogP contribution is 2.33. The Kier molecular flexibility index (Phi) is 8.04. The van der Waals surface area contributed by atoms with Crippen LogP contribution < -0.4 is 10.1 Å². The molecule has 192 valence electrons. The Morgan fingerprint density at radius 1 is 1.22 bits per heavy atom. The summed E-state index contributed by atoms with van der Waals surface area (Å²) in [7, 11) is 1.84. The van der Waals surface area contributed by atoms with Gasteiger partial charge in [-0.05, 0) is 63.3 Å². The van der Waals surface area contributed by atoms with Crippen LogP contribution in [0.1, 0.15) is 65.2 Å². The number of ketones is 1. The number of aryl methyl sites for hydroxylation is 1. The molecule has 0 unspecified atom stereocenters. The Morgan fingerprint density at radius 3 is 2.57 bits per heavy atom. The number of nitriles is 1. The van der Waals surface area contributed by atoms with Gasteiger partial charge in [0.25, 0.3) is 5.91 Å². The predicted octanol–water partition coefficient (Wildman–Crippen LogP) is 4.06. The van der Waals surface area contributed by atoms with E-state index in [1.807, 2.05) is 51.4 Å². The number of rotatable bonds is 11. The second kappa shape index (κ2) is 11.4. The predicted molar refractivity (Wildman–Crippen MR) is 139 cm³/mol. The zero-order valence-electron chi connectivity index (χ0n) is 21.4. The molecule has 2 aromatic carbocycles. The number of hydrogen-bond acceptors (Lipinski definition) is 6. The summed E-state index contributed by atoms with van der Waals surface area (Å²) < 4.78 is 7.42. The van der Waals surface area contributed by atoms with Crippen LogP contribution in [0.5, 0.6) is 5.75 Å². The third-order valence-electron chi connectivity index (χ3n) is 6.31. The maximum absolute atomic E-state index is 12.9. The molecule has 0 bridgehead atoms. The molecule has 1 fully saturated rings. The first-order valence-electron chi connectivity index (χ1n) is 12.6. The minimum Gasteiger partial charge on any atom is -0.490 e. The van der Waals surface area contributed by atoms with Crippen molar-refractivity contribution in [1.29, 1.82) is 5.26 Å². The van der Waals surface area contributed by atoms with E-state index in [1.54, 1.807) is 16.7 Å². The molecular formula is C29H32N4O4. The molecule has 0 saturated heterocycles. The SMILES string of the molecule is CC(C)Oc1ccc(C(=O)N[C@H](CCO)Cc2ccc(-c3cn(C)c(C(=O)C4CC4)n3)cc2)cc1C#N. The van der Waals surface area contributed by atoms with Crippen molar-refractivity contribution in [2.24, 2.45) is 13.0 Å². The largest absolute Gasteiger partial charge is 0.490 e. The lowest BCUT2D eigenvalue weighted by atomic mass is 10.0. The summed E-state index contributed by atoms with van der Waals surface area (Å²) in [5.41, 5.74) is 3.30. The van der Waals surface area contributed by atoms with Gasteiger partial charge >= 0.3 is 0 Å². The Balaban J connectivity index is 1.43. The van der Waals surface area contributed by atoms with E-state index in [0.29, 0.717) is 35.5 Å². The van der Waals surface area contributed by atoms with Crippen LogP contribution in [-0.2, 0) is 13.5 Å². The first kappa shape index (κ1) is 26.1. The fraction of sp³-hybridized carbons (Fsp3) is 0.379. The lowest BCUT2D eigenvalue weighted by Gasteiger charge is -2.19. The number of ether oxygens (including phenoxy) is 1. The van der Waals surface area contributed by atoms with Gasteiger partial charge in [-0.3, -0.25) is 9.59 Å². The van der Waals surface area contributed by atoms with E-state index < -0.39 is 0 Å². The Labute approximate surface area is 216 Å². The topological polar surface area (TPSA) is 117 Å². The average Bonchev–Trinajstić information content (AvgIpc) is 3.65. The van der Waals surface area contributed by atoms with Gasteiger partial charge in [-0.2, -0.15) is 5.26 Å². The number of aliphatic hydroxyl groups excluding tert-OH is 1. The van der Waals surface area contributed by atoms with E-state index in [0.717, 1.165) is 29.7 Å². The van der Waals surface area contributed by atoms with Crippen LogP contribution in [0.2, 0.25) is 0 Å². The van der Waals surface area contributed by atoms with Crippen LogP contribution in [0.4, 0.5) is 0 Å². The molecule has 1 heterocycles. The van der Waals surface area contributed by atoms with Gasteiger partial charge < -0.3 is 19.7 Å². The molecule has 2 N–H and O–H groups in total. The summed E-state index contributed by atoms with van der Waals surface area (Å²) in [4.78, 5) is 29.9. The molecule has 0 spiro atoms. The van der Waals surface area contributed by atoms with Crippen molar-refractivity contribution >= 4 is 11.7 Å². The minimum absolute atomic E-state index is 0.0701. The molecule has 8 heteroatoms. The Morgan fingerprint density at radius 2 is 1.95 bits per heavy atom. The number of aromatic nitrogens is 2. The molecule has 8 nitrogen and oxygen atoms in total. The molecule has 3 aromatic rings. The third-order valence-corrected chi connectivity index (χ3v) is 6.31. The summed E-state index contributed by atoms with van der Waals surface area (Å²) in [5, 5.41) is 22.0. The highest BCUT2D eigenvalue weighted by molar-refractivity contribution is 5.97. The van der Waals surface area contributed by atoms with Gasteiger partial charge in [0, 0.05) is 42.9 Å². The number of nitrogens with zero attached hydrogens (tertiary/aromatic N) is 3. The van der Waals surface area contributed by atoms with Crippen LogP contribution in [0.25, 0.3) is 11.3 Å². The highest BCUT2D eigenvalue weighted by atomic mass is 16.5. The lowest BCUT2D eigenvalue weighted by Crippen LogP contribution is -2.37. The highest BCUT2D eigenvalue weighted by Gasteiger charge is 2.33. The molecule has 0 radical (unpaired) electrons. The second-order valence-electron chi connectivity index (χ2n) is 9.77. The van der Waals surface area contributed by atoms with E-state index in [4.69, 9.17) is 4.74 Å². The van der Waals surface area contributed by atoms with Crippen LogP contribution in [0.3, 0.4) is 0 Å². The monoisotopic (exact) mass is 500 g/mol. The van der Waals surface area contributed by atoms with Crippen molar-refractivity contribution in [3.05, 3.63) is 71.2 Å². The molecule has 0 aliphatic heterocycles. The van der Waals surface area contributed by atoms with Crippen LogP contribution >= 0.6 is 0 Å². The van der Waals surface area contributed by atoms with Crippen LogP contribution in [0.15, 0.2) is 48.7 Å². The molecule has 1 amide bonds. The number of aliphatic hydroxyl groups is 1. The molecular weight excluding hydrogens is 468 g/mol. The Bertz CT molecular complexity index is 1320. The van der Waals surface area contributed by atoms with Gasteiger partial charge in [0.1, 0.15) is 11.8 Å². The molecule has 4 rings (SSSR count). The van der Waals surface area contributed by atoms with Crippen molar-refractivity contribution in [2.75, 3.05) is 6.61 Å². The maximum Gasteiger partial charge on any atom is 0.251 e. The van der Waals surface area contributed by atoms with E-state index >= 15 is 0 Å². The van der Waals surface area contributed by atoms with E-state index in [-0.39, 0.29) is 36.4 Å². The zero-order chi connectivity index (χ0) is 26.5. The smallest absolute Gasteiger partial charge is 0.251 e. The number of hydrogen-bond donors (Lipinski definition) is 2. The van der Waals surface area contributed by atoms with Gasteiger partial charge in [-0.25, -0.2) is 4.98 Å². The molecule has 1 atom stereocenters. The van der Waals surface area contributed by atoms with E-state index in [1.165, 1.54) is 6.07 Å². The number of nitrogens with one attached hydrogen (secondary N) is 1. The van der Waals surface area contributed by atoms with Gasteiger partial charge in [-0.1, -0.05) is 24.3 Å². The molecule has 1 aliphatic rings. The average molecular weight is 501 g/mol. The number of imidazole rings is 1. The fourth-order valence-corrected chi connectivity index (χ4v) is 4.22. The minimum atomic E-state index is -0.316. The normalized spacial score (nSPS) is 13.7. The van der Waals surface area contributed by atoms with E-state index in [2.05, 4.69) is 16.4 Å². The summed E-state index contributed by atoms with van der Waals surface area (Å²) in [6.45, 7) is 3.67. The van der Waals surface area contributed by atoms with Gasteiger partial charge in [0.15, 0.2) is 5.82 Å². The number of benzene rings is 2. The molecule has 1 saturated carbocycles. The molecule has 1 aliphatic carbocycles. The van der Waals surface area contributed by atoms with Crippen molar-refractivity contribution in [2.45, 2.75) is 51.7 Å². The van der Waals surface area contributed by atoms with Crippen molar-refractivity contribution in [3.63, 3.8) is 0 Å². The van der Waals surface area contributed by atoms with Crippen LogP contribution in [0, 0.1) is 17.2 Å². The second-order valence-corrected chi connectivity index (χ2v) is 9.77. The molecule has 1 aromatic heterocycles. The van der Waals surface area contributed by atoms with Gasteiger partial charge in [0.2, 0.25) is 5.78 Å². The summed E-state index contributed by atoms with van der Waals surface area (Å²) in [6.07, 6.45) is 4.58. The first-order chi connectivity index (χ1) is 17.8. The summed E-state index contributed by atoms with van der Waals surface area (Å²) >= 11 is 0. The quantitative estimate of drug-likeness (QED) is 0.384. The first-order valence-corrected chi connectivity index (χ1v) is 12.6. The van der Waals surface area contributed by atoms with Gasteiger partial charge in [0.05, 0.1) is 17.4 Å². The number of Topliss-reactive ketones (excluding diaryl/α,β-unsaturated/α-hetero) is 1. The van der Waals surface area contributed by atoms with Crippen molar-refractivity contribution < 1.29 is 19.4 Å². The summed E-state index contributed by atoms with van der Waals surface area (Å²) in [6, 6.07) is 14.4. The number of carbonyl (C=O) groups is 2. The van der Waals surface area contributed by atoms with Crippen LogP contribution in [-0.4, -0.2) is 45.1 Å². The molecule has 37 heavy (non-hydrogen) atoms. The maximum atomic E-state index is 12.9. The van der Waals surface area contributed by atoms with Gasteiger partial charge in [-0.15, -0.1) is 0 Å². The zero-order valence-corrected chi connectivity index (χ0v) is 21.4. The van der Waals surface area contributed by atoms with E-state index in [9.17, 15) is 20.0 Å². The fourth-order valence-electron chi connectivity index (χ4n) is 4.22. The summed E-state index contributed by atoms with van der Waals surface area (Å²) in [5.74, 6) is 0.849. The number of carbonyl (C=O) groups excluding carboxylic acids is 2.